The number of esters is 1. The number of methoxy groups -OCH3 is 1. The molecule has 2 amide bonds. The molecule has 0 spiro atoms. The molecule has 1 aliphatic heterocycles. The molecular formula is C17H18N2O3S. The molecule has 1 aromatic heterocycles. The number of carbonyl (C=O) groups is 2. The summed E-state index contributed by atoms with van der Waals surface area (Å²) in [7, 11) is 1.35. The Morgan fingerprint density at radius 3 is 2.70 bits per heavy atom. The van der Waals surface area contributed by atoms with Gasteiger partial charge in [-0.1, -0.05) is 17.7 Å². The third-order valence-electron chi connectivity index (χ3n) is 3.95. The maximum atomic E-state index is 12.6. The Labute approximate surface area is 138 Å². The second-order valence-electron chi connectivity index (χ2n) is 5.46. The normalized spacial score (nSPS) is 16.6. The minimum atomic E-state index is -0.680. The molecule has 0 aliphatic carbocycles. The first-order valence-corrected chi connectivity index (χ1v) is 8.26. The molecule has 0 saturated heterocycles. The van der Waals surface area contributed by atoms with Crippen molar-refractivity contribution in [3.05, 3.63) is 51.7 Å². The van der Waals surface area contributed by atoms with Gasteiger partial charge in [0.05, 0.1) is 7.11 Å². The number of anilines is 1. The number of ether oxygens (including phenoxy) is 1. The molecule has 2 heterocycles. The Balaban J connectivity index is 1.84. The number of nitrogens with zero attached hydrogens (tertiary/aromatic N) is 1. The molecule has 0 saturated carbocycles. The first kappa shape index (κ1) is 15.6. The van der Waals surface area contributed by atoms with E-state index in [9.17, 15) is 9.59 Å². The molecule has 0 bridgehead atoms. The number of fused-ring (bicyclic) bond motifs is 1. The summed E-state index contributed by atoms with van der Waals surface area (Å²) < 4.78 is 4.91. The quantitative estimate of drug-likeness (QED) is 0.859. The van der Waals surface area contributed by atoms with Gasteiger partial charge in [0.1, 0.15) is 0 Å². The average molecular weight is 330 g/mol. The van der Waals surface area contributed by atoms with Crippen molar-refractivity contribution in [2.24, 2.45) is 0 Å². The molecule has 120 valence electrons. The van der Waals surface area contributed by atoms with E-state index in [0.717, 1.165) is 22.4 Å². The highest BCUT2D eigenvalue weighted by Gasteiger charge is 2.37. The van der Waals surface area contributed by atoms with Gasteiger partial charge in [-0.05, 0) is 42.5 Å². The third kappa shape index (κ3) is 3.07. The van der Waals surface area contributed by atoms with Crippen LogP contribution in [0.5, 0.6) is 0 Å². The summed E-state index contributed by atoms with van der Waals surface area (Å²) >= 11 is 1.61. The topological polar surface area (TPSA) is 58.6 Å². The van der Waals surface area contributed by atoms with Crippen LogP contribution in [0.1, 0.15) is 22.0 Å². The number of nitrogens with one attached hydrogen (secondary N) is 1. The van der Waals surface area contributed by atoms with Crippen LogP contribution in [-0.4, -0.2) is 30.6 Å². The molecule has 1 aliphatic rings. The maximum Gasteiger partial charge on any atom is 0.333 e. The van der Waals surface area contributed by atoms with E-state index in [1.807, 2.05) is 42.6 Å². The number of hydrogen-bond donors (Lipinski definition) is 1. The summed E-state index contributed by atoms with van der Waals surface area (Å²) in [5, 5.41) is 4.80. The highest BCUT2D eigenvalue weighted by Crippen LogP contribution is 2.34. The summed E-state index contributed by atoms with van der Waals surface area (Å²) in [5.74, 6) is -0.414. The predicted molar refractivity (Wildman–Crippen MR) is 89.7 cm³/mol. The molecule has 1 N–H and O–H groups in total. The molecule has 3 rings (SSSR count). The smallest absolute Gasteiger partial charge is 0.333 e. The van der Waals surface area contributed by atoms with Crippen molar-refractivity contribution < 1.29 is 14.3 Å². The van der Waals surface area contributed by atoms with Crippen LogP contribution >= 0.6 is 11.3 Å². The van der Waals surface area contributed by atoms with E-state index in [-0.39, 0.29) is 6.03 Å². The van der Waals surface area contributed by atoms with Gasteiger partial charge in [-0.15, -0.1) is 11.3 Å². The molecule has 1 aromatic carbocycles. The SMILES string of the molecule is COC(=O)C1c2ccsc2CCN1C(=O)Nc1ccc(C)cc1. The fraction of sp³-hybridized carbons (Fsp3) is 0.294. The van der Waals surface area contributed by atoms with Crippen LogP contribution in [0.4, 0.5) is 10.5 Å². The van der Waals surface area contributed by atoms with Gasteiger partial charge < -0.3 is 15.0 Å². The van der Waals surface area contributed by atoms with E-state index in [1.54, 1.807) is 16.2 Å². The largest absolute Gasteiger partial charge is 0.467 e. The third-order valence-corrected chi connectivity index (χ3v) is 4.95. The Bertz CT molecular complexity index is 724. The minimum absolute atomic E-state index is 0.291. The molecule has 1 atom stereocenters. The summed E-state index contributed by atoms with van der Waals surface area (Å²) in [6.07, 6.45) is 0.752. The average Bonchev–Trinajstić information content (AvgIpc) is 3.03. The zero-order chi connectivity index (χ0) is 16.4. The molecule has 0 fully saturated rings. The molecule has 0 radical (unpaired) electrons. The van der Waals surface area contributed by atoms with E-state index in [0.29, 0.717) is 12.2 Å². The second kappa shape index (κ2) is 6.42. The van der Waals surface area contributed by atoms with Gasteiger partial charge >= 0.3 is 12.0 Å². The van der Waals surface area contributed by atoms with E-state index in [2.05, 4.69) is 5.32 Å². The number of carbonyl (C=O) groups excluding carboxylic acids is 2. The Hall–Kier alpha value is -2.34. The van der Waals surface area contributed by atoms with E-state index in [4.69, 9.17) is 4.74 Å². The molecule has 6 heteroatoms. The highest BCUT2D eigenvalue weighted by molar-refractivity contribution is 7.10. The van der Waals surface area contributed by atoms with Crippen LogP contribution in [0, 0.1) is 6.92 Å². The van der Waals surface area contributed by atoms with Gasteiger partial charge in [-0.2, -0.15) is 0 Å². The summed E-state index contributed by atoms with van der Waals surface area (Å²) in [5.41, 5.74) is 2.70. The Morgan fingerprint density at radius 2 is 2.00 bits per heavy atom. The van der Waals surface area contributed by atoms with E-state index >= 15 is 0 Å². The van der Waals surface area contributed by atoms with Crippen LogP contribution < -0.4 is 5.32 Å². The van der Waals surface area contributed by atoms with Crippen molar-refractivity contribution in [3.63, 3.8) is 0 Å². The number of rotatable bonds is 2. The lowest BCUT2D eigenvalue weighted by molar-refractivity contribution is -0.146. The number of benzene rings is 1. The van der Waals surface area contributed by atoms with Crippen molar-refractivity contribution in [3.8, 4) is 0 Å². The zero-order valence-corrected chi connectivity index (χ0v) is 13.9. The Kier molecular flexibility index (Phi) is 4.34. The van der Waals surface area contributed by atoms with Crippen LogP contribution in [-0.2, 0) is 16.0 Å². The van der Waals surface area contributed by atoms with Crippen LogP contribution in [0.3, 0.4) is 0 Å². The van der Waals surface area contributed by atoms with Gasteiger partial charge in [0.25, 0.3) is 0 Å². The van der Waals surface area contributed by atoms with Crippen LogP contribution in [0.15, 0.2) is 35.7 Å². The van der Waals surface area contributed by atoms with Crippen molar-refractivity contribution in [2.75, 3.05) is 19.0 Å². The van der Waals surface area contributed by atoms with Gasteiger partial charge in [-0.3, -0.25) is 0 Å². The molecule has 23 heavy (non-hydrogen) atoms. The van der Waals surface area contributed by atoms with Gasteiger partial charge in [0, 0.05) is 17.1 Å². The number of thiophene rings is 1. The zero-order valence-electron chi connectivity index (χ0n) is 13.0. The fourth-order valence-corrected chi connectivity index (χ4v) is 3.64. The lowest BCUT2D eigenvalue weighted by Gasteiger charge is -2.33. The summed E-state index contributed by atoms with van der Waals surface area (Å²) in [4.78, 5) is 27.5. The van der Waals surface area contributed by atoms with Gasteiger partial charge in [0.15, 0.2) is 6.04 Å². The Morgan fingerprint density at radius 1 is 1.26 bits per heavy atom. The van der Waals surface area contributed by atoms with Crippen LogP contribution in [0.2, 0.25) is 0 Å². The monoisotopic (exact) mass is 330 g/mol. The van der Waals surface area contributed by atoms with Gasteiger partial charge in [-0.25, -0.2) is 9.59 Å². The number of amides is 2. The molecule has 2 aromatic rings. The molecular weight excluding hydrogens is 312 g/mol. The summed E-state index contributed by atoms with van der Waals surface area (Å²) in [6.45, 7) is 2.48. The fourth-order valence-electron chi connectivity index (χ4n) is 2.73. The van der Waals surface area contributed by atoms with E-state index < -0.39 is 12.0 Å². The van der Waals surface area contributed by atoms with Crippen LogP contribution in [0.25, 0.3) is 0 Å². The van der Waals surface area contributed by atoms with Crippen molar-refractivity contribution in [2.45, 2.75) is 19.4 Å². The number of urea groups is 1. The summed E-state index contributed by atoms with van der Waals surface area (Å²) in [6, 6.07) is 8.48. The maximum absolute atomic E-state index is 12.6. The lowest BCUT2D eigenvalue weighted by Crippen LogP contribution is -2.45. The molecule has 1 unspecified atom stereocenters. The minimum Gasteiger partial charge on any atom is -0.467 e. The van der Waals surface area contributed by atoms with Gasteiger partial charge in [0.2, 0.25) is 0 Å². The number of hydrogen-bond acceptors (Lipinski definition) is 4. The first-order valence-electron chi connectivity index (χ1n) is 7.38. The number of aryl methyl sites for hydroxylation is 1. The standard InChI is InChI=1S/C17H18N2O3S/c1-11-3-5-12(6-4-11)18-17(21)19-9-7-14-13(8-10-23-14)15(19)16(20)22-2/h3-6,8,10,15H,7,9H2,1-2H3,(H,18,21). The first-order chi connectivity index (χ1) is 11.1. The second-order valence-corrected chi connectivity index (χ2v) is 6.47. The van der Waals surface area contributed by atoms with Crippen molar-refractivity contribution in [1.29, 1.82) is 0 Å². The highest BCUT2D eigenvalue weighted by atomic mass is 32.1. The van der Waals surface area contributed by atoms with Crippen molar-refractivity contribution in [1.82, 2.24) is 4.90 Å². The predicted octanol–water partition coefficient (Wildman–Crippen LogP) is 3.36. The molecule has 5 nitrogen and oxygen atoms in total. The van der Waals surface area contributed by atoms with Crippen molar-refractivity contribution >= 4 is 29.0 Å². The lowest BCUT2D eigenvalue weighted by atomic mass is 10.0. The van der Waals surface area contributed by atoms with E-state index in [1.165, 1.54) is 7.11 Å².